The van der Waals surface area contributed by atoms with Gasteiger partial charge in [0.25, 0.3) is 0 Å². The Morgan fingerprint density at radius 3 is 3.07 bits per heavy atom. The third-order valence-corrected chi connectivity index (χ3v) is 1.38. The van der Waals surface area contributed by atoms with Crippen LogP contribution in [-0.2, 0) is 0 Å². The number of nitrogens with two attached hydrogens (primary N) is 1. The highest BCUT2D eigenvalue weighted by molar-refractivity contribution is 5.80. The van der Waals surface area contributed by atoms with Crippen LogP contribution in [-0.4, -0.2) is 22.4 Å². The first-order valence-electron chi connectivity index (χ1n) is 3.92. The van der Waals surface area contributed by atoms with Gasteiger partial charge in [-0.2, -0.15) is 5.10 Å². The molecule has 74 valence electrons. The third kappa shape index (κ3) is 3.20. The van der Waals surface area contributed by atoms with Gasteiger partial charge in [-0.15, -0.1) is 5.10 Å². The second-order valence-corrected chi connectivity index (χ2v) is 2.55. The van der Waals surface area contributed by atoms with Crippen LogP contribution >= 0.6 is 0 Å². The molecule has 0 saturated heterocycles. The molecule has 0 radical (unpaired) electrons. The van der Waals surface area contributed by atoms with Crippen molar-refractivity contribution in [3.05, 3.63) is 29.6 Å². The lowest BCUT2D eigenvalue weighted by atomic mass is 10.3. The van der Waals surface area contributed by atoms with Gasteiger partial charge in [-0.3, -0.25) is 10.2 Å². The van der Waals surface area contributed by atoms with E-state index in [0.29, 0.717) is 5.69 Å². The van der Waals surface area contributed by atoms with E-state index in [1.54, 1.807) is 11.5 Å². The molecule has 0 saturated carbocycles. The molecule has 0 aliphatic rings. The van der Waals surface area contributed by atoms with E-state index in [-0.39, 0.29) is 5.96 Å². The average Bonchev–Trinajstić information content (AvgIpc) is 2.17. The van der Waals surface area contributed by atoms with E-state index in [2.05, 4.69) is 15.2 Å². The lowest BCUT2D eigenvalue weighted by Gasteiger charge is -1.93. The molecule has 1 aromatic heterocycles. The van der Waals surface area contributed by atoms with E-state index in [1.807, 2.05) is 19.1 Å². The lowest BCUT2D eigenvalue weighted by molar-refractivity contribution is 0.232. The van der Waals surface area contributed by atoms with Gasteiger partial charge in [0.15, 0.2) is 0 Å². The molecular weight excluding hydrogens is 182 g/mol. The summed E-state index contributed by atoms with van der Waals surface area (Å²) >= 11 is 0. The predicted octanol–water partition coefficient (Wildman–Crippen LogP) is 0.0174. The fourth-order valence-corrected chi connectivity index (χ4v) is 0.809. The molecule has 0 amide bonds. The fraction of sp³-hybridized carbons (Fsp3) is 0.125. The molecule has 0 aliphatic carbocycles. The first-order valence-corrected chi connectivity index (χ1v) is 3.92. The van der Waals surface area contributed by atoms with Gasteiger partial charge < -0.3 is 5.73 Å². The number of hydrogen-bond donors (Lipinski definition) is 3. The van der Waals surface area contributed by atoms with E-state index in [9.17, 15) is 0 Å². The van der Waals surface area contributed by atoms with Gasteiger partial charge >= 0.3 is 0 Å². The Kier molecular flexibility index (Phi) is 3.57. The van der Waals surface area contributed by atoms with Crippen molar-refractivity contribution in [2.45, 2.75) is 6.92 Å². The number of aromatic nitrogens is 1. The molecule has 6 nitrogen and oxygen atoms in total. The highest BCUT2D eigenvalue weighted by atomic mass is 16.5. The molecule has 0 fully saturated rings. The Morgan fingerprint density at radius 2 is 2.43 bits per heavy atom. The van der Waals surface area contributed by atoms with Crippen molar-refractivity contribution in [3.63, 3.8) is 0 Å². The number of hydrogen-bond acceptors (Lipinski definition) is 4. The number of rotatable bonds is 2. The van der Waals surface area contributed by atoms with Crippen LogP contribution in [0.3, 0.4) is 0 Å². The summed E-state index contributed by atoms with van der Waals surface area (Å²) < 4.78 is 0. The van der Waals surface area contributed by atoms with E-state index in [1.165, 1.54) is 6.21 Å². The molecule has 0 spiro atoms. The zero-order chi connectivity index (χ0) is 10.4. The monoisotopic (exact) mass is 193 g/mol. The highest BCUT2D eigenvalue weighted by Crippen LogP contribution is 1.94. The van der Waals surface area contributed by atoms with Crippen molar-refractivity contribution in [2.24, 2.45) is 15.9 Å². The second kappa shape index (κ2) is 4.93. The smallest absolute Gasteiger partial charge is 0.237 e. The Labute approximate surface area is 81.1 Å². The quantitative estimate of drug-likeness (QED) is 0.350. The normalized spacial score (nSPS) is 12.0. The van der Waals surface area contributed by atoms with E-state index >= 15 is 0 Å². The zero-order valence-electron chi connectivity index (χ0n) is 7.68. The molecule has 0 aromatic carbocycles. The molecule has 0 atom stereocenters. The first kappa shape index (κ1) is 10.1. The molecule has 0 unspecified atom stereocenters. The van der Waals surface area contributed by atoms with Crippen molar-refractivity contribution in [1.29, 1.82) is 0 Å². The van der Waals surface area contributed by atoms with Gasteiger partial charge in [-0.25, -0.2) is 5.48 Å². The molecule has 4 N–H and O–H groups in total. The summed E-state index contributed by atoms with van der Waals surface area (Å²) in [5, 5.41) is 15.3. The summed E-state index contributed by atoms with van der Waals surface area (Å²) in [7, 11) is 0. The topological polar surface area (TPSA) is 95.9 Å². The van der Waals surface area contributed by atoms with Crippen LogP contribution in [0.2, 0.25) is 0 Å². The molecule has 1 heterocycles. The Balaban J connectivity index is 2.69. The number of aryl methyl sites for hydroxylation is 1. The van der Waals surface area contributed by atoms with Gasteiger partial charge in [-0.1, -0.05) is 6.07 Å². The van der Waals surface area contributed by atoms with Gasteiger partial charge in [0.1, 0.15) is 0 Å². The van der Waals surface area contributed by atoms with Crippen LogP contribution in [0.25, 0.3) is 0 Å². The maximum absolute atomic E-state index is 8.28. The number of pyridine rings is 1. The summed E-state index contributed by atoms with van der Waals surface area (Å²) in [6.07, 6.45) is 1.44. The molecule has 1 rings (SSSR count). The Bertz CT molecular complexity index is 361. The molecule has 14 heavy (non-hydrogen) atoms. The third-order valence-electron chi connectivity index (χ3n) is 1.38. The van der Waals surface area contributed by atoms with Gasteiger partial charge in [0.2, 0.25) is 5.96 Å². The standard InChI is InChI=1S/C8H11N5O/c1-6-3-2-4-7(11-6)5-10-12-8(9)13-14/h2-5,14H,1H3,(H3,9,12,13)/b10-5+. The van der Waals surface area contributed by atoms with E-state index in [0.717, 1.165) is 5.69 Å². The summed E-state index contributed by atoms with van der Waals surface area (Å²) in [4.78, 5) is 4.15. The highest BCUT2D eigenvalue weighted by Gasteiger charge is 1.89. The molecule has 0 bridgehead atoms. The average molecular weight is 193 g/mol. The zero-order valence-corrected chi connectivity index (χ0v) is 7.68. The van der Waals surface area contributed by atoms with Gasteiger partial charge in [0.05, 0.1) is 11.9 Å². The van der Waals surface area contributed by atoms with Crippen LogP contribution in [0.4, 0.5) is 0 Å². The van der Waals surface area contributed by atoms with Crippen molar-refractivity contribution in [1.82, 2.24) is 10.5 Å². The van der Waals surface area contributed by atoms with Crippen molar-refractivity contribution in [2.75, 3.05) is 0 Å². The summed E-state index contributed by atoms with van der Waals surface area (Å²) in [5.41, 5.74) is 8.35. The van der Waals surface area contributed by atoms with Crippen molar-refractivity contribution < 1.29 is 5.21 Å². The predicted molar refractivity (Wildman–Crippen MR) is 53.1 cm³/mol. The van der Waals surface area contributed by atoms with Crippen molar-refractivity contribution in [3.8, 4) is 0 Å². The Morgan fingerprint density at radius 1 is 1.64 bits per heavy atom. The number of nitrogens with one attached hydrogen (secondary N) is 1. The van der Waals surface area contributed by atoms with E-state index < -0.39 is 0 Å². The number of hydroxylamine groups is 1. The minimum Gasteiger partial charge on any atom is -0.367 e. The van der Waals surface area contributed by atoms with Crippen LogP contribution in [0.1, 0.15) is 11.4 Å². The summed E-state index contributed by atoms with van der Waals surface area (Å²) in [5.74, 6) is -0.172. The van der Waals surface area contributed by atoms with E-state index in [4.69, 9.17) is 10.9 Å². The molecule has 6 heteroatoms. The SMILES string of the molecule is Cc1cccc(/C=N/N=C(\N)NO)n1. The number of nitrogens with zero attached hydrogens (tertiary/aromatic N) is 3. The summed E-state index contributed by atoms with van der Waals surface area (Å²) in [6, 6.07) is 5.53. The first-order chi connectivity index (χ1) is 6.72. The minimum absolute atomic E-state index is 0.172. The van der Waals surface area contributed by atoms with Crippen LogP contribution in [0.15, 0.2) is 28.4 Å². The number of guanidine groups is 1. The fourth-order valence-electron chi connectivity index (χ4n) is 0.809. The molecule has 1 aromatic rings. The van der Waals surface area contributed by atoms with Crippen LogP contribution in [0.5, 0.6) is 0 Å². The van der Waals surface area contributed by atoms with Gasteiger partial charge in [-0.05, 0) is 19.1 Å². The maximum atomic E-state index is 8.28. The lowest BCUT2D eigenvalue weighted by Crippen LogP contribution is -2.27. The minimum atomic E-state index is -0.172. The summed E-state index contributed by atoms with van der Waals surface area (Å²) in [6.45, 7) is 1.88. The largest absolute Gasteiger partial charge is 0.367 e. The van der Waals surface area contributed by atoms with Crippen LogP contribution in [0, 0.1) is 6.92 Å². The Hall–Kier alpha value is -1.95. The molecule has 0 aliphatic heterocycles. The van der Waals surface area contributed by atoms with Crippen molar-refractivity contribution >= 4 is 12.2 Å². The molecular formula is C8H11N5O. The maximum Gasteiger partial charge on any atom is 0.237 e. The van der Waals surface area contributed by atoms with Crippen LogP contribution < -0.4 is 11.2 Å². The second-order valence-electron chi connectivity index (χ2n) is 2.55. The van der Waals surface area contributed by atoms with Gasteiger partial charge in [0, 0.05) is 5.69 Å².